The van der Waals surface area contributed by atoms with E-state index in [2.05, 4.69) is 4.98 Å². The van der Waals surface area contributed by atoms with E-state index in [1.807, 2.05) is 4.90 Å². The summed E-state index contributed by atoms with van der Waals surface area (Å²) in [4.78, 5) is 17.9. The third kappa shape index (κ3) is 3.32. The van der Waals surface area contributed by atoms with Crippen molar-refractivity contribution < 1.29 is 18.7 Å². The number of carbonyl (C=O) groups excluding carboxylic acids is 1. The largest absolute Gasteiger partial charge is 0.366 e. The number of hydrogen-bond acceptors (Lipinski definition) is 3. The molecule has 1 aromatic heterocycles. The highest BCUT2D eigenvalue weighted by atomic mass is 19.1. The average Bonchev–Trinajstić information content (AvgIpc) is 3.34. The number of aromatic amines is 1. The van der Waals surface area contributed by atoms with Crippen LogP contribution in [-0.2, 0) is 9.47 Å². The van der Waals surface area contributed by atoms with Crippen LogP contribution in [0.3, 0.4) is 0 Å². The van der Waals surface area contributed by atoms with Crippen molar-refractivity contribution in [1.82, 2.24) is 9.88 Å². The number of H-pyrrole nitrogens is 1. The molecule has 4 rings (SSSR count). The van der Waals surface area contributed by atoms with E-state index < -0.39 is 0 Å². The number of likely N-dealkylation sites (tertiary alicyclic amines) is 1. The molecule has 0 spiro atoms. The van der Waals surface area contributed by atoms with Gasteiger partial charge in [0.1, 0.15) is 5.82 Å². The highest BCUT2D eigenvalue weighted by Gasteiger charge is 2.33. The third-order valence-electron chi connectivity index (χ3n) is 4.91. The molecular formula is C19H21FN2O3. The van der Waals surface area contributed by atoms with E-state index in [1.165, 1.54) is 12.1 Å². The van der Waals surface area contributed by atoms with Gasteiger partial charge in [-0.2, -0.15) is 0 Å². The van der Waals surface area contributed by atoms with Gasteiger partial charge < -0.3 is 19.4 Å². The lowest BCUT2D eigenvalue weighted by Crippen LogP contribution is -2.43. The minimum Gasteiger partial charge on any atom is -0.366 e. The van der Waals surface area contributed by atoms with Crippen LogP contribution in [-0.4, -0.2) is 48.4 Å². The fourth-order valence-corrected chi connectivity index (χ4v) is 3.64. The number of ether oxygens (including phenoxy) is 2. The zero-order valence-corrected chi connectivity index (χ0v) is 13.9. The van der Waals surface area contributed by atoms with E-state index in [4.69, 9.17) is 9.47 Å². The maximum absolute atomic E-state index is 13.2. The molecule has 1 atom stereocenters. The molecule has 1 unspecified atom stereocenters. The molecule has 0 saturated carbocycles. The van der Waals surface area contributed by atoms with E-state index in [0.717, 1.165) is 30.5 Å². The first kappa shape index (κ1) is 16.3. The van der Waals surface area contributed by atoms with Gasteiger partial charge in [0, 0.05) is 37.0 Å². The van der Waals surface area contributed by atoms with Crippen molar-refractivity contribution in [3.63, 3.8) is 0 Å². The van der Waals surface area contributed by atoms with Crippen LogP contribution in [0.1, 0.15) is 23.2 Å². The number of nitrogens with one attached hydrogen (secondary N) is 1. The zero-order valence-electron chi connectivity index (χ0n) is 13.9. The van der Waals surface area contributed by atoms with Gasteiger partial charge in [0.15, 0.2) is 6.29 Å². The van der Waals surface area contributed by atoms with Crippen LogP contribution in [0.25, 0.3) is 11.1 Å². The van der Waals surface area contributed by atoms with E-state index in [1.54, 1.807) is 24.5 Å². The summed E-state index contributed by atoms with van der Waals surface area (Å²) in [6.45, 7) is 2.62. The molecule has 0 radical (unpaired) electrons. The van der Waals surface area contributed by atoms with Crippen LogP contribution in [0.5, 0.6) is 0 Å². The SMILES string of the molecule is O=C(c1c[nH]cc1-c1ccc(F)cc1)N1CCCC(C2OCCO2)C1. The van der Waals surface area contributed by atoms with Gasteiger partial charge in [0.2, 0.25) is 0 Å². The monoisotopic (exact) mass is 344 g/mol. The molecule has 2 aliphatic heterocycles. The summed E-state index contributed by atoms with van der Waals surface area (Å²) < 4.78 is 24.4. The van der Waals surface area contributed by atoms with Gasteiger partial charge in [0.05, 0.1) is 18.8 Å². The molecular weight excluding hydrogens is 323 g/mol. The first-order valence-corrected chi connectivity index (χ1v) is 8.67. The molecule has 25 heavy (non-hydrogen) atoms. The second-order valence-electron chi connectivity index (χ2n) is 6.55. The Bertz CT molecular complexity index is 737. The summed E-state index contributed by atoms with van der Waals surface area (Å²) in [6.07, 6.45) is 5.25. The van der Waals surface area contributed by atoms with Crippen LogP contribution >= 0.6 is 0 Å². The van der Waals surface area contributed by atoms with Gasteiger partial charge in [0.25, 0.3) is 5.91 Å². The van der Waals surface area contributed by atoms with Crippen LogP contribution in [0.2, 0.25) is 0 Å². The van der Waals surface area contributed by atoms with Crippen LogP contribution < -0.4 is 0 Å². The van der Waals surface area contributed by atoms with Gasteiger partial charge in [-0.05, 0) is 30.5 Å². The Morgan fingerprint density at radius 1 is 1.16 bits per heavy atom. The molecule has 2 aliphatic rings. The summed E-state index contributed by atoms with van der Waals surface area (Å²) in [5.74, 6) is -0.0840. The number of amides is 1. The molecule has 132 valence electrons. The van der Waals surface area contributed by atoms with Crippen molar-refractivity contribution in [2.45, 2.75) is 19.1 Å². The average molecular weight is 344 g/mol. The topological polar surface area (TPSA) is 54.6 Å². The minimum atomic E-state index is -0.289. The molecule has 0 bridgehead atoms. The van der Waals surface area contributed by atoms with Gasteiger partial charge in [-0.25, -0.2) is 4.39 Å². The number of carbonyl (C=O) groups is 1. The van der Waals surface area contributed by atoms with Crippen LogP contribution in [0.15, 0.2) is 36.7 Å². The Kier molecular flexibility index (Phi) is 4.55. The third-order valence-corrected chi connectivity index (χ3v) is 4.91. The fourth-order valence-electron chi connectivity index (χ4n) is 3.64. The summed E-state index contributed by atoms with van der Waals surface area (Å²) >= 11 is 0. The number of piperidine rings is 1. The molecule has 1 aromatic carbocycles. The van der Waals surface area contributed by atoms with Gasteiger partial charge in [-0.1, -0.05) is 12.1 Å². The van der Waals surface area contributed by atoms with Crippen molar-refractivity contribution in [3.05, 3.63) is 48.0 Å². The van der Waals surface area contributed by atoms with Crippen molar-refractivity contribution in [2.75, 3.05) is 26.3 Å². The number of hydrogen-bond donors (Lipinski definition) is 1. The van der Waals surface area contributed by atoms with Gasteiger partial charge >= 0.3 is 0 Å². The summed E-state index contributed by atoms with van der Waals surface area (Å²) in [6, 6.07) is 6.19. The molecule has 2 saturated heterocycles. The number of rotatable bonds is 3. The lowest BCUT2D eigenvalue weighted by atomic mass is 9.96. The summed E-state index contributed by atoms with van der Waals surface area (Å²) in [7, 11) is 0. The Morgan fingerprint density at radius 3 is 2.68 bits per heavy atom. The Labute approximate surface area is 145 Å². The lowest BCUT2D eigenvalue weighted by Gasteiger charge is -2.34. The maximum Gasteiger partial charge on any atom is 0.256 e. The molecule has 1 N–H and O–H groups in total. The van der Waals surface area contributed by atoms with Crippen molar-refractivity contribution in [3.8, 4) is 11.1 Å². The molecule has 3 heterocycles. The molecule has 6 heteroatoms. The number of aromatic nitrogens is 1. The Balaban J connectivity index is 1.53. The predicted molar refractivity (Wildman–Crippen MR) is 90.5 cm³/mol. The molecule has 0 aliphatic carbocycles. The van der Waals surface area contributed by atoms with E-state index in [9.17, 15) is 9.18 Å². The van der Waals surface area contributed by atoms with Crippen molar-refractivity contribution >= 4 is 5.91 Å². The second-order valence-corrected chi connectivity index (χ2v) is 6.55. The predicted octanol–water partition coefficient (Wildman–Crippen LogP) is 3.05. The van der Waals surface area contributed by atoms with Crippen molar-refractivity contribution in [2.24, 2.45) is 5.92 Å². The van der Waals surface area contributed by atoms with E-state index >= 15 is 0 Å². The minimum absolute atomic E-state index is 0.0109. The highest BCUT2D eigenvalue weighted by Crippen LogP contribution is 2.29. The van der Waals surface area contributed by atoms with Crippen LogP contribution in [0, 0.1) is 11.7 Å². The number of halogens is 1. The van der Waals surface area contributed by atoms with Crippen LogP contribution in [0.4, 0.5) is 4.39 Å². The van der Waals surface area contributed by atoms with Gasteiger partial charge in [-0.3, -0.25) is 4.79 Å². The quantitative estimate of drug-likeness (QED) is 0.931. The Hall–Kier alpha value is -2.18. The lowest BCUT2D eigenvalue weighted by molar-refractivity contribution is -0.0969. The highest BCUT2D eigenvalue weighted by molar-refractivity contribution is 6.00. The maximum atomic E-state index is 13.2. The molecule has 2 fully saturated rings. The van der Waals surface area contributed by atoms with E-state index in [-0.39, 0.29) is 23.9 Å². The molecule has 2 aromatic rings. The second kappa shape index (κ2) is 6.98. The fraction of sp³-hybridized carbons (Fsp3) is 0.421. The first-order valence-electron chi connectivity index (χ1n) is 8.67. The standard InChI is InChI=1S/C19H21FN2O3/c20-15-5-3-13(4-6-15)16-10-21-11-17(16)18(23)22-7-1-2-14(12-22)19-24-8-9-25-19/h3-6,10-11,14,19,21H,1-2,7-9,12H2. The zero-order chi connectivity index (χ0) is 17.2. The normalized spacial score (nSPS) is 21.6. The first-order chi connectivity index (χ1) is 12.2. The summed E-state index contributed by atoms with van der Waals surface area (Å²) in [5.41, 5.74) is 2.23. The molecule has 1 amide bonds. The summed E-state index contributed by atoms with van der Waals surface area (Å²) in [5, 5.41) is 0. The van der Waals surface area contributed by atoms with Gasteiger partial charge in [-0.15, -0.1) is 0 Å². The van der Waals surface area contributed by atoms with Crippen molar-refractivity contribution in [1.29, 1.82) is 0 Å². The number of nitrogens with zero attached hydrogens (tertiary/aromatic N) is 1. The smallest absolute Gasteiger partial charge is 0.256 e. The number of benzene rings is 1. The van der Waals surface area contributed by atoms with E-state index in [0.29, 0.717) is 25.3 Å². The Morgan fingerprint density at radius 2 is 1.92 bits per heavy atom. The molecule has 5 nitrogen and oxygen atoms in total.